The summed E-state index contributed by atoms with van der Waals surface area (Å²) in [6, 6.07) is 7.23. The lowest BCUT2D eigenvalue weighted by Gasteiger charge is -2.12. The van der Waals surface area contributed by atoms with Crippen LogP contribution < -0.4 is 5.73 Å². The Labute approximate surface area is 94.2 Å². The second-order valence-electron chi connectivity index (χ2n) is 2.80. The van der Waals surface area contributed by atoms with E-state index in [2.05, 4.69) is 15.9 Å². The highest BCUT2D eigenvalue weighted by Crippen LogP contribution is 2.26. The first-order chi connectivity index (χ1) is 6.53. The van der Waals surface area contributed by atoms with Crippen LogP contribution in [0.5, 0.6) is 0 Å². The van der Waals surface area contributed by atoms with Gasteiger partial charge >= 0.3 is 0 Å². The van der Waals surface area contributed by atoms with Crippen molar-refractivity contribution in [2.75, 3.05) is 12.3 Å². The zero-order valence-corrected chi connectivity index (χ0v) is 9.75. The van der Waals surface area contributed by atoms with Gasteiger partial charge in [0.05, 0.1) is 12.3 Å². The largest absolute Gasteiger partial charge is 0.325 e. The van der Waals surface area contributed by atoms with Gasteiger partial charge in [-0.25, -0.2) is 8.78 Å². The Hall–Kier alpha value is -0.130. The van der Waals surface area contributed by atoms with Gasteiger partial charge in [0.25, 0.3) is 5.92 Å². The lowest BCUT2D eigenvalue weighted by molar-refractivity contribution is 0.0375. The van der Waals surface area contributed by atoms with Crippen molar-refractivity contribution in [2.45, 2.75) is 10.8 Å². The van der Waals surface area contributed by atoms with Crippen molar-refractivity contribution >= 4 is 27.7 Å². The highest BCUT2D eigenvalue weighted by Gasteiger charge is 2.26. The number of hydrogen-bond donors (Lipinski definition) is 1. The van der Waals surface area contributed by atoms with Crippen LogP contribution in [0.4, 0.5) is 8.78 Å². The second-order valence-corrected chi connectivity index (χ2v) is 4.77. The minimum absolute atomic E-state index is 0.273. The van der Waals surface area contributed by atoms with Gasteiger partial charge in [-0.3, -0.25) is 0 Å². The molecule has 0 bridgehead atoms. The van der Waals surface area contributed by atoms with Crippen LogP contribution in [-0.2, 0) is 0 Å². The number of alkyl halides is 2. The minimum Gasteiger partial charge on any atom is -0.325 e. The monoisotopic (exact) mass is 281 g/mol. The molecule has 0 saturated carbocycles. The number of rotatable bonds is 4. The van der Waals surface area contributed by atoms with Crippen LogP contribution in [0, 0.1) is 0 Å². The molecule has 0 spiro atoms. The summed E-state index contributed by atoms with van der Waals surface area (Å²) >= 11 is 4.38. The van der Waals surface area contributed by atoms with E-state index in [0.29, 0.717) is 0 Å². The molecule has 0 heterocycles. The Morgan fingerprint density at radius 2 is 1.86 bits per heavy atom. The summed E-state index contributed by atoms with van der Waals surface area (Å²) in [7, 11) is 0. The van der Waals surface area contributed by atoms with Crippen LogP contribution in [0.2, 0.25) is 0 Å². The van der Waals surface area contributed by atoms with Gasteiger partial charge in [0.15, 0.2) is 0 Å². The van der Waals surface area contributed by atoms with Crippen molar-refractivity contribution in [2.24, 2.45) is 5.73 Å². The minimum atomic E-state index is -2.78. The summed E-state index contributed by atoms with van der Waals surface area (Å²) in [5.41, 5.74) is 4.92. The Kier molecular flexibility index (Phi) is 4.34. The van der Waals surface area contributed by atoms with E-state index in [0.717, 1.165) is 21.1 Å². The molecule has 0 aliphatic heterocycles. The average molecular weight is 282 g/mol. The predicted octanol–water partition coefficient (Wildman–Crippen LogP) is 3.14. The Bertz CT molecular complexity index is 289. The molecule has 0 aliphatic rings. The molecule has 78 valence electrons. The van der Waals surface area contributed by atoms with Crippen LogP contribution in [0.25, 0.3) is 0 Å². The lowest BCUT2D eigenvalue weighted by Crippen LogP contribution is -2.30. The van der Waals surface area contributed by atoms with Crippen molar-refractivity contribution in [1.82, 2.24) is 0 Å². The Balaban J connectivity index is 2.50. The molecule has 0 saturated heterocycles. The van der Waals surface area contributed by atoms with E-state index in [-0.39, 0.29) is 5.75 Å². The topological polar surface area (TPSA) is 26.0 Å². The van der Waals surface area contributed by atoms with E-state index >= 15 is 0 Å². The molecule has 0 fully saturated rings. The SMILES string of the molecule is NCC(F)(F)CSc1ccc(Br)cc1. The molecule has 14 heavy (non-hydrogen) atoms. The fourth-order valence-electron chi connectivity index (χ4n) is 0.779. The molecule has 1 aromatic carbocycles. The van der Waals surface area contributed by atoms with Crippen LogP contribution in [0.15, 0.2) is 33.6 Å². The third-order valence-electron chi connectivity index (χ3n) is 1.56. The maximum Gasteiger partial charge on any atom is 0.269 e. The quantitative estimate of drug-likeness (QED) is 0.859. The standard InChI is InChI=1S/C9H10BrF2NS/c10-7-1-3-8(4-2-7)14-6-9(11,12)5-13/h1-4H,5-6,13H2. The van der Waals surface area contributed by atoms with Gasteiger partial charge in [-0.05, 0) is 24.3 Å². The molecule has 0 aromatic heterocycles. The fourth-order valence-corrected chi connectivity index (χ4v) is 1.87. The summed E-state index contributed by atoms with van der Waals surface area (Å²) in [5, 5.41) is 0. The van der Waals surface area contributed by atoms with Crippen LogP contribution in [0.3, 0.4) is 0 Å². The van der Waals surface area contributed by atoms with Crippen molar-refractivity contribution in [3.05, 3.63) is 28.7 Å². The number of benzene rings is 1. The maximum absolute atomic E-state index is 12.8. The van der Waals surface area contributed by atoms with Crippen LogP contribution in [-0.4, -0.2) is 18.2 Å². The lowest BCUT2D eigenvalue weighted by atomic mass is 10.4. The smallest absolute Gasteiger partial charge is 0.269 e. The molecule has 0 unspecified atom stereocenters. The van der Waals surface area contributed by atoms with E-state index < -0.39 is 12.5 Å². The molecule has 5 heteroatoms. The molecule has 0 radical (unpaired) electrons. The Morgan fingerprint density at radius 1 is 1.29 bits per heavy atom. The van der Waals surface area contributed by atoms with E-state index in [1.165, 1.54) is 0 Å². The second kappa shape index (κ2) is 5.09. The molecular weight excluding hydrogens is 272 g/mol. The third-order valence-corrected chi connectivity index (χ3v) is 3.26. The molecule has 0 aliphatic carbocycles. The molecule has 1 aromatic rings. The van der Waals surface area contributed by atoms with Gasteiger partial charge in [0.2, 0.25) is 0 Å². The van der Waals surface area contributed by atoms with Crippen molar-refractivity contribution in [3.8, 4) is 0 Å². The number of thioether (sulfide) groups is 1. The summed E-state index contributed by atoms with van der Waals surface area (Å²) in [4.78, 5) is 0.821. The van der Waals surface area contributed by atoms with E-state index in [9.17, 15) is 8.78 Å². The first-order valence-corrected chi connectivity index (χ1v) is 5.78. The number of halogens is 3. The first kappa shape index (κ1) is 11.9. The predicted molar refractivity (Wildman–Crippen MR) is 58.9 cm³/mol. The Morgan fingerprint density at radius 3 is 2.36 bits per heavy atom. The molecule has 0 amide bonds. The summed E-state index contributed by atoms with van der Waals surface area (Å²) in [6.45, 7) is -0.601. The summed E-state index contributed by atoms with van der Waals surface area (Å²) < 4.78 is 26.5. The van der Waals surface area contributed by atoms with Gasteiger partial charge < -0.3 is 5.73 Å². The van der Waals surface area contributed by atoms with Crippen molar-refractivity contribution in [1.29, 1.82) is 0 Å². The maximum atomic E-state index is 12.8. The highest BCUT2D eigenvalue weighted by molar-refractivity contribution is 9.10. The summed E-state index contributed by atoms with van der Waals surface area (Å²) in [6.07, 6.45) is 0. The fraction of sp³-hybridized carbons (Fsp3) is 0.333. The highest BCUT2D eigenvalue weighted by atomic mass is 79.9. The zero-order chi connectivity index (χ0) is 10.6. The van der Waals surface area contributed by atoms with E-state index in [1.807, 2.05) is 12.1 Å². The van der Waals surface area contributed by atoms with Crippen LogP contribution >= 0.6 is 27.7 Å². The molecule has 2 N–H and O–H groups in total. The van der Waals surface area contributed by atoms with E-state index in [1.54, 1.807) is 12.1 Å². The van der Waals surface area contributed by atoms with Gasteiger partial charge in [0.1, 0.15) is 0 Å². The third kappa shape index (κ3) is 3.94. The zero-order valence-electron chi connectivity index (χ0n) is 7.34. The van der Waals surface area contributed by atoms with Gasteiger partial charge in [0, 0.05) is 9.37 Å². The van der Waals surface area contributed by atoms with Crippen LogP contribution in [0.1, 0.15) is 0 Å². The van der Waals surface area contributed by atoms with Crippen molar-refractivity contribution < 1.29 is 8.78 Å². The molecule has 1 rings (SSSR count). The molecule has 1 nitrogen and oxygen atoms in total. The van der Waals surface area contributed by atoms with E-state index in [4.69, 9.17) is 5.73 Å². The molecular formula is C9H10BrF2NS. The normalized spacial score (nSPS) is 11.7. The average Bonchev–Trinajstić information content (AvgIpc) is 2.17. The van der Waals surface area contributed by atoms with Gasteiger partial charge in [-0.15, -0.1) is 11.8 Å². The number of nitrogens with two attached hydrogens (primary N) is 1. The summed E-state index contributed by atoms with van der Waals surface area (Å²) in [5.74, 6) is -3.05. The number of hydrogen-bond acceptors (Lipinski definition) is 2. The van der Waals surface area contributed by atoms with Gasteiger partial charge in [-0.1, -0.05) is 15.9 Å². The van der Waals surface area contributed by atoms with Gasteiger partial charge in [-0.2, -0.15) is 0 Å². The van der Waals surface area contributed by atoms with Crippen molar-refractivity contribution in [3.63, 3.8) is 0 Å². The molecule has 0 atom stereocenters. The first-order valence-electron chi connectivity index (χ1n) is 4.00.